The van der Waals surface area contributed by atoms with Crippen LogP contribution in [0.2, 0.25) is 0 Å². The van der Waals surface area contributed by atoms with Crippen molar-refractivity contribution in [3.05, 3.63) is 41.0 Å². The van der Waals surface area contributed by atoms with Gasteiger partial charge in [0.15, 0.2) is 0 Å². The summed E-state index contributed by atoms with van der Waals surface area (Å²) in [6.07, 6.45) is 2.50. The summed E-state index contributed by atoms with van der Waals surface area (Å²) in [5, 5.41) is 0. The summed E-state index contributed by atoms with van der Waals surface area (Å²) in [7, 11) is -2.45. The first-order chi connectivity index (χ1) is 11.6. The Morgan fingerprint density at radius 1 is 1.20 bits per heavy atom. The molecule has 0 aromatic heterocycles. The van der Waals surface area contributed by atoms with Crippen LogP contribution in [0.4, 0.5) is 4.79 Å². The van der Waals surface area contributed by atoms with Crippen molar-refractivity contribution in [2.24, 2.45) is 5.92 Å². The van der Waals surface area contributed by atoms with Gasteiger partial charge in [0, 0.05) is 6.04 Å². The highest BCUT2D eigenvalue weighted by Crippen LogP contribution is 2.22. The minimum atomic E-state index is -3.67. The van der Waals surface area contributed by atoms with E-state index in [1.54, 1.807) is 26.0 Å². The molecule has 1 rings (SSSR count). The van der Waals surface area contributed by atoms with Crippen molar-refractivity contribution in [3.63, 3.8) is 0 Å². The van der Waals surface area contributed by atoms with Gasteiger partial charge in [0.05, 0.1) is 12.0 Å². The van der Waals surface area contributed by atoms with Crippen molar-refractivity contribution in [2.45, 2.75) is 45.6 Å². The Labute approximate surface area is 150 Å². The fraction of sp³-hybridized carbons (Fsp3) is 0.500. The smallest absolute Gasteiger partial charge is 0.438 e. The molecule has 1 atom stereocenters. The lowest BCUT2D eigenvalue weighted by molar-refractivity contribution is 0.0817. The predicted octanol–water partition coefficient (Wildman–Crippen LogP) is 3.25. The number of hydrogen-bond donors (Lipinski definition) is 1. The average molecular weight is 369 g/mol. The van der Waals surface area contributed by atoms with Gasteiger partial charge in [-0.05, 0) is 43.9 Å². The van der Waals surface area contributed by atoms with E-state index in [1.807, 2.05) is 32.9 Å². The van der Waals surface area contributed by atoms with Crippen molar-refractivity contribution < 1.29 is 22.7 Å². The molecule has 0 fully saturated rings. The standard InChI is InChI=1S/C18H27NO5S/c1-12(2)16(8-7-9-24-18(20)23-6)19-25(21,22)17-14(4)10-13(3)11-15(17)5/h7-8,10-12,16,19H,9H2,1-6H3/b8-7+. The molecule has 1 aromatic carbocycles. The van der Waals surface area contributed by atoms with Gasteiger partial charge in [-0.25, -0.2) is 17.9 Å². The largest absolute Gasteiger partial charge is 0.508 e. The average Bonchev–Trinajstić information content (AvgIpc) is 2.48. The Balaban J connectivity index is 2.98. The summed E-state index contributed by atoms with van der Waals surface area (Å²) in [4.78, 5) is 11.2. The highest BCUT2D eigenvalue weighted by Gasteiger charge is 2.24. The Bertz CT molecular complexity index is 715. The van der Waals surface area contributed by atoms with Crippen molar-refractivity contribution >= 4 is 16.2 Å². The number of carbonyl (C=O) groups excluding carboxylic acids is 1. The van der Waals surface area contributed by atoms with E-state index in [0.29, 0.717) is 16.0 Å². The van der Waals surface area contributed by atoms with E-state index < -0.39 is 22.2 Å². The molecule has 0 spiro atoms. The monoisotopic (exact) mass is 369 g/mol. The van der Waals surface area contributed by atoms with Crippen molar-refractivity contribution in [2.75, 3.05) is 13.7 Å². The third-order valence-corrected chi connectivity index (χ3v) is 5.45. The van der Waals surface area contributed by atoms with Gasteiger partial charge < -0.3 is 9.47 Å². The van der Waals surface area contributed by atoms with E-state index in [1.165, 1.54) is 7.11 Å². The van der Waals surface area contributed by atoms with Crippen LogP contribution in [0.3, 0.4) is 0 Å². The van der Waals surface area contributed by atoms with Crippen LogP contribution in [0.15, 0.2) is 29.2 Å². The minimum Gasteiger partial charge on any atom is -0.438 e. The number of rotatable bonds is 7. The summed E-state index contributed by atoms with van der Waals surface area (Å²) in [5.74, 6) is 0.0233. The van der Waals surface area contributed by atoms with Gasteiger partial charge in [0.1, 0.15) is 6.61 Å². The molecule has 0 aliphatic carbocycles. The van der Waals surface area contributed by atoms with Crippen LogP contribution < -0.4 is 4.72 Å². The molecule has 25 heavy (non-hydrogen) atoms. The number of carbonyl (C=O) groups is 1. The Kier molecular flexibility index (Phi) is 7.63. The number of nitrogens with one attached hydrogen (secondary N) is 1. The first-order valence-corrected chi connectivity index (χ1v) is 9.54. The molecule has 0 aliphatic heterocycles. The molecular formula is C18H27NO5S. The second-order valence-electron chi connectivity index (χ2n) is 6.31. The number of aryl methyl sites for hydroxylation is 3. The third kappa shape index (κ3) is 6.17. The molecule has 0 saturated heterocycles. The summed E-state index contributed by atoms with van der Waals surface area (Å²) in [6, 6.07) is 3.28. The molecule has 1 aromatic rings. The van der Waals surface area contributed by atoms with Crippen molar-refractivity contribution in [3.8, 4) is 0 Å². The SMILES string of the molecule is COC(=O)OC/C=C/C(NS(=O)(=O)c1c(C)cc(C)cc1C)C(C)C. The molecule has 0 bridgehead atoms. The maximum Gasteiger partial charge on any atom is 0.508 e. The third-order valence-electron chi connectivity index (χ3n) is 3.69. The molecular weight excluding hydrogens is 342 g/mol. The maximum absolute atomic E-state index is 12.8. The zero-order valence-corrected chi connectivity index (χ0v) is 16.4. The fourth-order valence-electron chi connectivity index (χ4n) is 2.60. The Hall–Kier alpha value is -1.86. The number of hydrogen-bond acceptors (Lipinski definition) is 5. The van der Waals surface area contributed by atoms with Crippen molar-refractivity contribution in [1.29, 1.82) is 0 Å². The molecule has 0 saturated carbocycles. The molecule has 1 N–H and O–H groups in total. The van der Waals surface area contributed by atoms with Crippen LogP contribution in [-0.2, 0) is 19.5 Å². The first kappa shape index (κ1) is 21.2. The summed E-state index contributed by atoms with van der Waals surface area (Å²) in [5.41, 5.74) is 2.45. The second kappa shape index (κ2) is 9.01. The van der Waals surface area contributed by atoms with Crippen molar-refractivity contribution in [1.82, 2.24) is 4.72 Å². The number of ether oxygens (including phenoxy) is 2. The number of sulfonamides is 1. The van der Waals surface area contributed by atoms with Gasteiger partial charge in [-0.2, -0.15) is 0 Å². The predicted molar refractivity (Wildman–Crippen MR) is 97.1 cm³/mol. The van der Waals surface area contributed by atoms with E-state index >= 15 is 0 Å². The summed E-state index contributed by atoms with van der Waals surface area (Å²) in [6.45, 7) is 9.35. The van der Waals surface area contributed by atoms with Gasteiger partial charge in [-0.15, -0.1) is 0 Å². The molecule has 0 amide bonds. The molecule has 140 valence electrons. The number of methoxy groups -OCH3 is 1. The molecule has 1 unspecified atom stereocenters. The lowest BCUT2D eigenvalue weighted by Crippen LogP contribution is -2.37. The van der Waals surface area contributed by atoms with Gasteiger partial charge in [0.2, 0.25) is 10.0 Å². The maximum atomic E-state index is 12.8. The van der Waals surface area contributed by atoms with Crippen LogP contribution in [0, 0.1) is 26.7 Å². The normalized spacial score (nSPS) is 13.2. The van der Waals surface area contributed by atoms with Crippen LogP contribution in [0.5, 0.6) is 0 Å². The lowest BCUT2D eigenvalue weighted by Gasteiger charge is -2.21. The zero-order valence-electron chi connectivity index (χ0n) is 15.6. The molecule has 6 nitrogen and oxygen atoms in total. The summed E-state index contributed by atoms with van der Waals surface area (Å²) >= 11 is 0. The van der Waals surface area contributed by atoms with Gasteiger partial charge in [-0.1, -0.05) is 37.6 Å². The quantitative estimate of drug-likeness (QED) is 0.589. The van der Waals surface area contributed by atoms with E-state index in [4.69, 9.17) is 4.74 Å². The second-order valence-corrected chi connectivity index (χ2v) is 7.96. The molecule has 7 heteroatoms. The van der Waals surface area contributed by atoms with Crippen LogP contribution in [0.1, 0.15) is 30.5 Å². The first-order valence-electron chi connectivity index (χ1n) is 8.06. The zero-order chi connectivity index (χ0) is 19.2. The fourth-order valence-corrected chi connectivity index (χ4v) is 4.40. The molecule has 0 radical (unpaired) electrons. The van der Waals surface area contributed by atoms with E-state index in [9.17, 15) is 13.2 Å². The molecule has 0 aliphatic rings. The van der Waals surface area contributed by atoms with E-state index in [2.05, 4.69) is 9.46 Å². The minimum absolute atomic E-state index is 0.0141. The van der Waals surface area contributed by atoms with E-state index in [0.717, 1.165) is 5.56 Å². The van der Waals surface area contributed by atoms with E-state index in [-0.39, 0.29) is 12.5 Å². The highest BCUT2D eigenvalue weighted by atomic mass is 32.2. The Morgan fingerprint density at radius 3 is 2.24 bits per heavy atom. The van der Waals surface area contributed by atoms with Gasteiger partial charge >= 0.3 is 6.16 Å². The van der Waals surface area contributed by atoms with Gasteiger partial charge in [-0.3, -0.25) is 0 Å². The molecule has 0 heterocycles. The van der Waals surface area contributed by atoms with Crippen LogP contribution in [0.25, 0.3) is 0 Å². The lowest BCUT2D eigenvalue weighted by atomic mass is 10.1. The summed E-state index contributed by atoms with van der Waals surface area (Å²) < 4.78 is 37.5. The Morgan fingerprint density at radius 2 is 1.76 bits per heavy atom. The number of benzene rings is 1. The highest BCUT2D eigenvalue weighted by molar-refractivity contribution is 7.89. The van der Waals surface area contributed by atoms with Crippen LogP contribution in [-0.4, -0.2) is 34.3 Å². The van der Waals surface area contributed by atoms with Gasteiger partial charge in [0.25, 0.3) is 0 Å². The van der Waals surface area contributed by atoms with Crippen LogP contribution >= 0.6 is 0 Å². The topological polar surface area (TPSA) is 81.7 Å².